The molecule has 116 valence electrons. The molecule has 0 atom stereocenters. The maximum atomic E-state index is 12.2. The van der Waals surface area contributed by atoms with Crippen molar-refractivity contribution in [3.8, 4) is 0 Å². The average molecular weight is 284 g/mol. The van der Waals surface area contributed by atoms with Gasteiger partial charge in [0, 0.05) is 19.6 Å². The van der Waals surface area contributed by atoms with Crippen molar-refractivity contribution < 1.29 is 14.7 Å². The first kappa shape index (κ1) is 16.8. The Bertz CT molecular complexity index is 336. The fraction of sp³-hybridized carbons (Fsp3) is 0.867. The second-order valence-corrected chi connectivity index (χ2v) is 5.84. The molecule has 0 aromatic carbocycles. The number of nitrogens with zero attached hydrogens (tertiary/aromatic N) is 1. The summed E-state index contributed by atoms with van der Waals surface area (Å²) in [5.74, 6) is -0.180. The predicted molar refractivity (Wildman–Crippen MR) is 78.6 cm³/mol. The van der Waals surface area contributed by atoms with Crippen LogP contribution in [0.1, 0.15) is 52.9 Å². The van der Waals surface area contributed by atoms with E-state index >= 15 is 0 Å². The molecule has 1 fully saturated rings. The van der Waals surface area contributed by atoms with Crippen molar-refractivity contribution in [3.63, 3.8) is 0 Å². The number of hydrogen-bond donors (Lipinski definition) is 2. The summed E-state index contributed by atoms with van der Waals surface area (Å²) < 4.78 is 0. The highest BCUT2D eigenvalue weighted by atomic mass is 16.4. The molecule has 0 radical (unpaired) electrons. The summed E-state index contributed by atoms with van der Waals surface area (Å²) in [5, 5.41) is 12.2. The summed E-state index contributed by atoms with van der Waals surface area (Å²) in [6, 6.07) is -0.119. The molecular weight excluding hydrogens is 256 g/mol. The molecule has 0 spiro atoms. The quantitative estimate of drug-likeness (QED) is 0.684. The van der Waals surface area contributed by atoms with Gasteiger partial charge in [0.15, 0.2) is 0 Å². The van der Waals surface area contributed by atoms with Crippen molar-refractivity contribution in [3.05, 3.63) is 0 Å². The van der Waals surface area contributed by atoms with Gasteiger partial charge in [0.2, 0.25) is 0 Å². The van der Waals surface area contributed by atoms with E-state index in [1.165, 1.54) is 12.8 Å². The van der Waals surface area contributed by atoms with Crippen LogP contribution in [-0.4, -0.2) is 41.6 Å². The molecule has 1 aliphatic rings. The van der Waals surface area contributed by atoms with E-state index in [1.54, 1.807) is 0 Å². The van der Waals surface area contributed by atoms with E-state index in [4.69, 9.17) is 0 Å². The fourth-order valence-corrected chi connectivity index (χ4v) is 2.39. The summed E-state index contributed by atoms with van der Waals surface area (Å²) in [6.45, 7) is 7.51. The molecule has 5 heteroatoms. The van der Waals surface area contributed by atoms with Gasteiger partial charge in [0.05, 0.1) is 5.41 Å². The Morgan fingerprint density at radius 1 is 1.25 bits per heavy atom. The summed E-state index contributed by atoms with van der Waals surface area (Å²) in [7, 11) is 0. The van der Waals surface area contributed by atoms with E-state index < -0.39 is 11.4 Å². The lowest BCUT2D eigenvalue weighted by Crippen LogP contribution is -2.48. The molecule has 2 amide bonds. The Labute approximate surface area is 121 Å². The first-order valence-corrected chi connectivity index (χ1v) is 7.75. The van der Waals surface area contributed by atoms with Crippen LogP contribution in [0.3, 0.4) is 0 Å². The van der Waals surface area contributed by atoms with Crippen molar-refractivity contribution in [1.29, 1.82) is 0 Å². The zero-order chi connectivity index (χ0) is 15.2. The number of carboxylic acids is 1. The van der Waals surface area contributed by atoms with Crippen LogP contribution in [0.25, 0.3) is 0 Å². The summed E-state index contributed by atoms with van der Waals surface area (Å²) in [5.41, 5.74) is -0.840. The topological polar surface area (TPSA) is 69.6 Å². The number of hydrogen-bond acceptors (Lipinski definition) is 2. The highest BCUT2D eigenvalue weighted by Gasteiger charge is 2.36. The molecule has 5 nitrogen and oxygen atoms in total. The first-order chi connectivity index (χ1) is 9.49. The van der Waals surface area contributed by atoms with Crippen LogP contribution < -0.4 is 5.32 Å². The minimum Gasteiger partial charge on any atom is -0.481 e. The molecule has 1 aliphatic carbocycles. The standard InChI is InChI=1S/C15H28N2O3/c1-4-9-17(10-12-7-8-12)14(20)16-11-15(5-2,6-3)13(18)19/h12H,4-11H2,1-3H3,(H,16,20)(H,18,19). The first-order valence-electron chi connectivity index (χ1n) is 7.75. The largest absolute Gasteiger partial charge is 0.481 e. The normalized spacial score (nSPS) is 14.9. The van der Waals surface area contributed by atoms with E-state index in [2.05, 4.69) is 5.32 Å². The number of carbonyl (C=O) groups excluding carboxylic acids is 1. The average Bonchev–Trinajstić information content (AvgIpc) is 3.23. The smallest absolute Gasteiger partial charge is 0.317 e. The van der Waals surface area contributed by atoms with E-state index in [1.807, 2.05) is 25.7 Å². The van der Waals surface area contributed by atoms with Crippen molar-refractivity contribution in [2.45, 2.75) is 52.9 Å². The minimum absolute atomic E-state index is 0.119. The van der Waals surface area contributed by atoms with E-state index in [9.17, 15) is 14.7 Å². The highest BCUT2D eigenvalue weighted by molar-refractivity contribution is 5.78. The summed E-state index contributed by atoms with van der Waals surface area (Å²) in [4.78, 5) is 25.5. The van der Waals surface area contributed by atoms with Gasteiger partial charge in [-0.05, 0) is 38.0 Å². The second kappa shape index (κ2) is 7.50. The molecule has 0 bridgehead atoms. The minimum atomic E-state index is -0.840. The SMILES string of the molecule is CCCN(CC1CC1)C(=O)NCC(CC)(CC)C(=O)O. The van der Waals surface area contributed by atoms with Gasteiger partial charge in [-0.1, -0.05) is 20.8 Å². The van der Waals surface area contributed by atoms with Crippen molar-refractivity contribution in [1.82, 2.24) is 10.2 Å². The van der Waals surface area contributed by atoms with Crippen LogP contribution in [0.5, 0.6) is 0 Å². The predicted octanol–water partition coefficient (Wildman–Crippen LogP) is 2.71. The Kier molecular flexibility index (Phi) is 6.30. The van der Waals surface area contributed by atoms with Crippen LogP contribution in [-0.2, 0) is 4.79 Å². The second-order valence-electron chi connectivity index (χ2n) is 5.84. The number of carboxylic acid groups (broad SMARTS) is 1. The number of nitrogens with one attached hydrogen (secondary N) is 1. The van der Waals surface area contributed by atoms with Gasteiger partial charge in [-0.25, -0.2) is 4.79 Å². The van der Waals surface area contributed by atoms with Gasteiger partial charge in [0.25, 0.3) is 0 Å². The Hall–Kier alpha value is -1.26. The third kappa shape index (κ3) is 4.39. The monoisotopic (exact) mass is 284 g/mol. The van der Waals surface area contributed by atoms with Crippen molar-refractivity contribution >= 4 is 12.0 Å². The molecule has 0 unspecified atom stereocenters. The third-order valence-electron chi connectivity index (χ3n) is 4.34. The molecule has 20 heavy (non-hydrogen) atoms. The summed E-state index contributed by atoms with van der Waals surface area (Å²) >= 11 is 0. The zero-order valence-electron chi connectivity index (χ0n) is 12.9. The van der Waals surface area contributed by atoms with Gasteiger partial charge < -0.3 is 15.3 Å². The Morgan fingerprint density at radius 2 is 1.85 bits per heavy atom. The molecule has 2 N–H and O–H groups in total. The lowest BCUT2D eigenvalue weighted by Gasteiger charge is -2.29. The fourth-order valence-electron chi connectivity index (χ4n) is 2.39. The highest BCUT2D eigenvalue weighted by Crippen LogP contribution is 2.30. The van der Waals surface area contributed by atoms with Crippen LogP contribution >= 0.6 is 0 Å². The van der Waals surface area contributed by atoms with E-state index in [0.717, 1.165) is 19.5 Å². The molecule has 0 saturated heterocycles. The lowest BCUT2D eigenvalue weighted by atomic mass is 9.82. The van der Waals surface area contributed by atoms with Crippen LogP contribution in [0, 0.1) is 11.3 Å². The number of urea groups is 1. The Morgan fingerprint density at radius 3 is 2.25 bits per heavy atom. The van der Waals surface area contributed by atoms with E-state index in [-0.39, 0.29) is 12.6 Å². The van der Waals surface area contributed by atoms with Gasteiger partial charge in [-0.15, -0.1) is 0 Å². The van der Waals surface area contributed by atoms with Gasteiger partial charge in [-0.2, -0.15) is 0 Å². The zero-order valence-corrected chi connectivity index (χ0v) is 12.9. The number of aliphatic carboxylic acids is 1. The maximum Gasteiger partial charge on any atom is 0.317 e. The maximum absolute atomic E-state index is 12.2. The van der Waals surface area contributed by atoms with Crippen LogP contribution in [0.4, 0.5) is 4.79 Å². The molecular formula is C15H28N2O3. The Balaban J connectivity index is 2.55. The van der Waals surface area contributed by atoms with E-state index in [0.29, 0.717) is 18.8 Å². The van der Waals surface area contributed by atoms with Crippen LogP contribution in [0.2, 0.25) is 0 Å². The van der Waals surface area contributed by atoms with Gasteiger partial charge in [-0.3, -0.25) is 4.79 Å². The summed E-state index contributed by atoms with van der Waals surface area (Å²) in [6.07, 6.45) is 4.38. The number of rotatable bonds is 9. The molecule has 0 aromatic heterocycles. The third-order valence-corrected chi connectivity index (χ3v) is 4.34. The molecule has 1 rings (SSSR count). The molecule has 1 saturated carbocycles. The van der Waals surface area contributed by atoms with Gasteiger partial charge >= 0.3 is 12.0 Å². The van der Waals surface area contributed by atoms with Gasteiger partial charge in [0.1, 0.15) is 0 Å². The molecule has 0 aromatic rings. The molecule has 0 heterocycles. The number of amides is 2. The van der Waals surface area contributed by atoms with Crippen molar-refractivity contribution in [2.75, 3.05) is 19.6 Å². The van der Waals surface area contributed by atoms with Crippen LogP contribution in [0.15, 0.2) is 0 Å². The number of carbonyl (C=O) groups is 2. The lowest BCUT2D eigenvalue weighted by molar-refractivity contribution is -0.149. The molecule has 0 aliphatic heterocycles. The van der Waals surface area contributed by atoms with Crippen molar-refractivity contribution in [2.24, 2.45) is 11.3 Å².